The first-order chi connectivity index (χ1) is 19.2. The van der Waals surface area contributed by atoms with E-state index in [9.17, 15) is 18.4 Å². The van der Waals surface area contributed by atoms with Crippen LogP contribution in [0.5, 0.6) is 0 Å². The van der Waals surface area contributed by atoms with Crippen molar-refractivity contribution in [3.05, 3.63) is 70.4 Å². The molecule has 0 atom stereocenters. The molecule has 0 bridgehead atoms. The smallest absolute Gasteiger partial charge is 0.281 e. The SMILES string of the molecule is Cn1ccc(N2CC3(C2)C(=O)N(C[C@H]2CC[C@H](NC(=O)c4cc(Cl)cnc4C(F)F)CC2)c2c(F)cccc23)n1. The molecule has 40 heavy (non-hydrogen) atoms. The standard InChI is InChI=1S/C28H28ClF3N6O2/c1-36-10-9-22(35-36)37-14-28(15-37)20-3-2-4-21(30)24(20)38(27(28)40)13-16-5-7-18(8-6-16)34-26(39)19-11-17(29)12-33-23(19)25(31)32/h2-4,9-12,16,18,25H,5-8,13-15H2,1H3,(H,34,39)/t16-,18-. The number of hydrogen-bond donors (Lipinski definition) is 1. The van der Waals surface area contributed by atoms with E-state index in [-0.39, 0.29) is 28.5 Å². The number of carbonyl (C=O) groups is 2. The number of anilines is 2. The molecule has 3 aromatic rings. The Bertz CT molecular complexity index is 1470. The van der Waals surface area contributed by atoms with Crippen molar-refractivity contribution in [2.45, 2.75) is 43.6 Å². The molecular weight excluding hydrogens is 545 g/mol. The first-order valence-corrected chi connectivity index (χ1v) is 13.6. The minimum absolute atomic E-state index is 0.0943. The largest absolute Gasteiger partial charge is 0.352 e. The molecule has 2 aliphatic heterocycles. The molecule has 0 unspecified atom stereocenters. The van der Waals surface area contributed by atoms with Gasteiger partial charge in [-0.2, -0.15) is 5.10 Å². The second kappa shape index (κ2) is 10.1. The highest BCUT2D eigenvalue weighted by Crippen LogP contribution is 2.49. The summed E-state index contributed by atoms with van der Waals surface area (Å²) in [5, 5.41) is 7.37. The average Bonchev–Trinajstić information content (AvgIpc) is 3.43. The van der Waals surface area contributed by atoms with Gasteiger partial charge < -0.3 is 15.1 Å². The Kier molecular flexibility index (Phi) is 6.72. The fourth-order valence-electron chi connectivity index (χ4n) is 6.29. The first kappa shape index (κ1) is 26.6. The van der Waals surface area contributed by atoms with Crippen LogP contribution in [0.1, 0.15) is 53.7 Å². The van der Waals surface area contributed by atoms with Gasteiger partial charge in [0.15, 0.2) is 5.82 Å². The van der Waals surface area contributed by atoms with E-state index < -0.39 is 29.3 Å². The van der Waals surface area contributed by atoms with Gasteiger partial charge in [-0.05, 0) is 49.3 Å². The third-order valence-electron chi connectivity index (χ3n) is 8.33. The lowest BCUT2D eigenvalue weighted by Crippen LogP contribution is -2.64. The first-order valence-electron chi connectivity index (χ1n) is 13.3. The topological polar surface area (TPSA) is 83.4 Å². The minimum Gasteiger partial charge on any atom is -0.352 e. The molecule has 1 saturated heterocycles. The Labute approximate surface area is 234 Å². The normalized spacial score (nSPS) is 21.6. The van der Waals surface area contributed by atoms with Crippen LogP contribution in [0.3, 0.4) is 0 Å². The van der Waals surface area contributed by atoms with E-state index in [1.165, 1.54) is 12.1 Å². The number of amides is 2. The van der Waals surface area contributed by atoms with E-state index in [1.807, 2.05) is 30.3 Å². The van der Waals surface area contributed by atoms with Crippen molar-refractivity contribution < 1.29 is 22.8 Å². The summed E-state index contributed by atoms with van der Waals surface area (Å²) in [7, 11) is 1.83. The molecule has 1 aliphatic carbocycles. The summed E-state index contributed by atoms with van der Waals surface area (Å²) >= 11 is 5.89. The number of fused-ring (bicyclic) bond motifs is 2. The lowest BCUT2D eigenvalue weighted by molar-refractivity contribution is -0.124. The molecule has 4 heterocycles. The van der Waals surface area contributed by atoms with Gasteiger partial charge in [0.05, 0.1) is 16.3 Å². The van der Waals surface area contributed by atoms with Crippen LogP contribution in [0.2, 0.25) is 5.02 Å². The number of para-hydroxylation sites is 1. The average molecular weight is 573 g/mol. The molecule has 0 radical (unpaired) electrons. The number of hydrogen-bond acceptors (Lipinski definition) is 5. The van der Waals surface area contributed by atoms with Gasteiger partial charge in [-0.3, -0.25) is 19.3 Å². The van der Waals surface area contributed by atoms with Gasteiger partial charge in [-0.1, -0.05) is 23.7 Å². The third-order valence-corrected chi connectivity index (χ3v) is 8.54. The maximum atomic E-state index is 15.1. The number of nitrogens with zero attached hydrogens (tertiary/aromatic N) is 5. The lowest BCUT2D eigenvalue weighted by atomic mass is 9.74. The number of nitrogens with one attached hydrogen (secondary N) is 1. The van der Waals surface area contributed by atoms with Crippen LogP contribution in [-0.2, 0) is 17.3 Å². The molecular formula is C28H28ClF3N6O2. The highest BCUT2D eigenvalue weighted by Gasteiger charge is 2.59. The van der Waals surface area contributed by atoms with Gasteiger partial charge in [-0.25, -0.2) is 13.2 Å². The van der Waals surface area contributed by atoms with Gasteiger partial charge in [0.2, 0.25) is 5.91 Å². The maximum absolute atomic E-state index is 15.1. The summed E-state index contributed by atoms with van der Waals surface area (Å²) in [5.41, 5.74) is -0.555. The number of alkyl halides is 2. The molecule has 210 valence electrons. The number of aryl methyl sites for hydroxylation is 1. The molecule has 2 aromatic heterocycles. The highest BCUT2D eigenvalue weighted by molar-refractivity contribution is 6.30. The monoisotopic (exact) mass is 572 g/mol. The van der Waals surface area contributed by atoms with Crippen LogP contribution in [0.4, 0.5) is 24.7 Å². The van der Waals surface area contributed by atoms with Gasteiger partial charge in [0.25, 0.3) is 12.3 Å². The van der Waals surface area contributed by atoms with Crippen LogP contribution in [0.15, 0.2) is 42.7 Å². The highest BCUT2D eigenvalue weighted by atomic mass is 35.5. The summed E-state index contributed by atoms with van der Waals surface area (Å²) < 4.78 is 43.6. The van der Waals surface area contributed by atoms with Crippen LogP contribution in [0, 0.1) is 11.7 Å². The van der Waals surface area contributed by atoms with Gasteiger partial charge in [-0.15, -0.1) is 0 Å². The van der Waals surface area contributed by atoms with E-state index in [4.69, 9.17) is 11.6 Å². The van der Waals surface area contributed by atoms with Crippen molar-refractivity contribution in [1.29, 1.82) is 0 Å². The van der Waals surface area contributed by atoms with Gasteiger partial charge >= 0.3 is 0 Å². The molecule has 12 heteroatoms. The van der Waals surface area contributed by atoms with Crippen molar-refractivity contribution in [2.24, 2.45) is 13.0 Å². The Hall–Kier alpha value is -3.60. The van der Waals surface area contributed by atoms with Gasteiger partial charge in [0, 0.05) is 51.2 Å². The molecule has 1 spiro atoms. The zero-order valence-electron chi connectivity index (χ0n) is 21.8. The van der Waals surface area contributed by atoms with E-state index in [1.54, 1.807) is 15.6 Å². The number of benzene rings is 1. The van der Waals surface area contributed by atoms with Gasteiger partial charge in [0.1, 0.15) is 16.9 Å². The molecule has 1 saturated carbocycles. The van der Waals surface area contributed by atoms with Crippen molar-refractivity contribution in [3.63, 3.8) is 0 Å². The van der Waals surface area contributed by atoms with E-state index in [0.29, 0.717) is 51.0 Å². The summed E-state index contributed by atoms with van der Waals surface area (Å²) in [6, 6.07) is 7.77. The maximum Gasteiger partial charge on any atom is 0.281 e. The predicted octanol–water partition coefficient (Wildman–Crippen LogP) is 4.64. The molecule has 6 rings (SSSR count). The van der Waals surface area contributed by atoms with Crippen molar-refractivity contribution in [2.75, 3.05) is 29.4 Å². The predicted molar refractivity (Wildman–Crippen MR) is 143 cm³/mol. The van der Waals surface area contributed by atoms with Crippen molar-refractivity contribution in [3.8, 4) is 0 Å². The molecule has 1 N–H and O–H groups in total. The Morgan fingerprint density at radius 1 is 1.20 bits per heavy atom. The van der Waals surface area contributed by atoms with Crippen LogP contribution < -0.4 is 15.1 Å². The molecule has 2 amide bonds. The third kappa shape index (κ3) is 4.49. The number of carbonyl (C=O) groups excluding carboxylic acids is 2. The molecule has 2 fully saturated rings. The van der Waals surface area contributed by atoms with Crippen LogP contribution in [0.25, 0.3) is 0 Å². The number of rotatable bonds is 6. The summed E-state index contributed by atoms with van der Waals surface area (Å²) in [6.45, 7) is 1.26. The zero-order valence-corrected chi connectivity index (χ0v) is 22.5. The van der Waals surface area contributed by atoms with Crippen LogP contribution >= 0.6 is 11.6 Å². The second-order valence-corrected chi connectivity index (χ2v) is 11.4. The van der Waals surface area contributed by atoms with E-state index >= 15 is 4.39 Å². The van der Waals surface area contributed by atoms with Crippen molar-refractivity contribution >= 4 is 34.9 Å². The van der Waals surface area contributed by atoms with E-state index in [2.05, 4.69) is 15.4 Å². The number of halogens is 4. The minimum atomic E-state index is -2.90. The lowest BCUT2D eigenvalue weighted by Gasteiger charge is -2.47. The molecule has 8 nitrogen and oxygen atoms in total. The molecule has 3 aliphatic rings. The quantitative estimate of drug-likeness (QED) is 0.465. The molecule has 1 aromatic carbocycles. The summed E-state index contributed by atoms with van der Waals surface area (Å²) in [6.07, 6.45) is 2.65. The fraction of sp³-hybridized carbons (Fsp3) is 0.429. The fourth-order valence-corrected chi connectivity index (χ4v) is 6.44. The number of aromatic nitrogens is 3. The number of pyridine rings is 1. The summed E-state index contributed by atoms with van der Waals surface area (Å²) in [4.78, 5) is 33.8. The zero-order chi connectivity index (χ0) is 28.2. The van der Waals surface area contributed by atoms with Crippen LogP contribution in [-0.4, -0.2) is 52.3 Å². The summed E-state index contributed by atoms with van der Waals surface area (Å²) in [5.74, 6) is -0.250. The second-order valence-electron chi connectivity index (χ2n) is 10.9. The van der Waals surface area contributed by atoms with Crippen molar-refractivity contribution in [1.82, 2.24) is 20.1 Å². The Morgan fingerprint density at radius 2 is 1.95 bits per heavy atom. The Morgan fingerprint density at radius 3 is 2.62 bits per heavy atom. The Balaban J connectivity index is 1.12. The van der Waals surface area contributed by atoms with E-state index in [0.717, 1.165) is 17.6 Å².